The lowest BCUT2D eigenvalue weighted by Crippen LogP contribution is -1.92. The van der Waals surface area contributed by atoms with E-state index in [1.54, 1.807) is 23.9 Å². The van der Waals surface area contributed by atoms with E-state index < -0.39 is 21.3 Å². The predicted molar refractivity (Wildman–Crippen MR) is 117 cm³/mol. The van der Waals surface area contributed by atoms with E-state index in [1.807, 2.05) is 19.9 Å². The van der Waals surface area contributed by atoms with E-state index >= 15 is 0 Å². The van der Waals surface area contributed by atoms with Gasteiger partial charge in [-0.15, -0.1) is 11.8 Å². The first-order valence-electron chi connectivity index (χ1n) is 7.15. The molecule has 0 atom stereocenters. The Labute approximate surface area is 186 Å². The Bertz CT molecular complexity index is 728. The fourth-order valence-corrected chi connectivity index (χ4v) is 9.95. The number of halogens is 2. The van der Waals surface area contributed by atoms with Gasteiger partial charge in [-0.2, -0.15) is 4.31 Å². The zero-order chi connectivity index (χ0) is 22.0. The van der Waals surface area contributed by atoms with Crippen LogP contribution in [0.2, 0.25) is 10.0 Å². The molecule has 0 aliphatic carbocycles. The predicted octanol–water partition coefficient (Wildman–Crippen LogP) is 5.26. The Balaban J connectivity index is 0.000000684. The van der Waals surface area contributed by atoms with Gasteiger partial charge < -0.3 is 28.6 Å². The fourth-order valence-electron chi connectivity index (χ4n) is 1.31. The summed E-state index contributed by atoms with van der Waals surface area (Å²) < 4.78 is 33.3. The Kier molecular flexibility index (Phi) is 14.3. The third-order valence-corrected chi connectivity index (χ3v) is 11.6. The van der Waals surface area contributed by atoms with Gasteiger partial charge in [0.25, 0.3) is 0 Å². The minimum Gasteiger partial charge on any atom is -0.322 e. The van der Waals surface area contributed by atoms with Gasteiger partial charge in [0.2, 0.25) is 5.69 Å². The quantitative estimate of drug-likeness (QED) is 0.170. The standard InChI is InChI=1S/C11H15Cl2O2PS3.H4O7P2/c1-3-14-16(17,15-4-2)19-8-18-11-7-9(12)5-6-10(11)13;1-8(2,3)7-9(4,5)6/h5-7H,3-4,8H2,1-2H3;(H2,1,2,3)(H2,4,5,6). The number of hydrogen-bond acceptors (Lipinski definition) is 8. The number of phosphoric acid groups is 2. The zero-order valence-electron chi connectivity index (χ0n) is 14.5. The van der Waals surface area contributed by atoms with E-state index in [2.05, 4.69) is 4.31 Å². The molecule has 1 aromatic rings. The van der Waals surface area contributed by atoms with Crippen molar-refractivity contribution in [1.29, 1.82) is 0 Å². The van der Waals surface area contributed by atoms with Crippen molar-refractivity contribution in [3.63, 3.8) is 0 Å². The lowest BCUT2D eigenvalue weighted by Gasteiger charge is -2.19. The summed E-state index contributed by atoms with van der Waals surface area (Å²) in [5.41, 5.74) is -2.23. The average Bonchev–Trinajstić information content (AvgIpc) is 2.48. The maximum atomic E-state index is 9.63. The topological polar surface area (TPSA) is 143 Å². The van der Waals surface area contributed by atoms with Crippen LogP contribution in [-0.2, 0) is 34.3 Å². The molecule has 0 fully saturated rings. The smallest absolute Gasteiger partial charge is 0.322 e. The van der Waals surface area contributed by atoms with Crippen LogP contribution in [0, 0.1) is 0 Å². The highest BCUT2D eigenvalue weighted by Crippen LogP contribution is 2.62. The third kappa shape index (κ3) is 15.2. The van der Waals surface area contributed by atoms with Crippen LogP contribution in [0.15, 0.2) is 23.1 Å². The van der Waals surface area contributed by atoms with Gasteiger partial charge in [-0.3, -0.25) is 0 Å². The lowest BCUT2D eigenvalue weighted by atomic mass is 10.4. The maximum Gasteiger partial charge on any atom is 0.478 e. The molecule has 1 aromatic carbocycles. The molecule has 17 heteroatoms. The SMILES string of the molecule is CCOP(=S)(OCC)SCSc1cc(Cl)ccc1Cl.O=P(O)(O)OP(=O)(O)O. The summed E-state index contributed by atoms with van der Waals surface area (Å²) in [6, 6.07) is 5.41. The Morgan fingerprint density at radius 3 is 1.93 bits per heavy atom. The number of hydrogen-bond donors (Lipinski definition) is 4. The highest BCUT2D eigenvalue weighted by Gasteiger charge is 2.28. The van der Waals surface area contributed by atoms with Crippen LogP contribution in [0.3, 0.4) is 0 Å². The van der Waals surface area contributed by atoms with Crippen molar-refractivity contribution in [2.75, 3.05) is 18.3 Å². The molecule has 0 radical (unpaired) electrons. The summed E-state index contributed by atoms with van der Waals surface area (Å²) in [4.78, 5) is 31.9. The summed E-state index contributed by atoms with van der Waals surface area (Å²) in [6.07, 6.45) is 0. The normalized spacial score (nSPS) is 12.4. The molecule has 0 saturated carbocycles. The first-order chi connectivity index (χ1) is 12.7. The van der Waals surface area contributed by atoms with Gasteiger partial charge in [-0.05, 0) is 43.9 Å². The maximum absolute atomic E-state index is 9.63. The second-order valence-electron chi connectivity index (χ2n) is 4.31. The summed E-state index contributed by atoms with van der Waals surface area (Å²) in [5, 5.41) is 2.08. The van der Waals surface area contributed by atoms with Gasteiger partial charge in [0.1, 0.15) is 0 Å². The lowest BCUT2D eigenvalue weighted by molar-refractivity contribution is 0.225. The molecule has 0 unspecified atom stereocenters. The van der Waals surface area contributed by atoms with Crippen LogP contribution in [0.1, 0.15) is 13.8 Å². The number of benzene rings is 1. The Morgan fingerprint density at radius 1 is 1.04 bits per heavy atom. The molecule has 0 aliphatic rings. The minimum atomic E-state index is -5.05. The minimum absolute atomic E-state index is 0.562. The Hall–Kier alpha value is 1.33. The third-order valence-electron chi connectivity index (χ3n) is 2.11. The molecule has 28 heavy (non-hydrogen) atoms. The number of thioether (sulfide) groups is 1. The van der Waals surface area contributed by atoms with Crippen LogP contribution in [0.4, 0.5) is 0 Å². The molecular weight excluding hydrogens is 536 g/mol. The van der Waals surface area contributed by atoms with Gasteiger partial charge >= 0.3 is 15.6 Å². The van der Waals surface area contributed by atoms with E-state index in [4.69, 9.17) is 63.6 Å². The summed E-state index contributed by atoms with van der Waals surface area (Å²) >= 11 is 20.6. The van der Waals surface area contributed by atoms with Gasteiger partial charge in [0.15, 0.2) is 0 Å². The van der Waals surface area contributed by atoms with Gasteiger partial charge in [0.05, 0.1) is 23.3 Å². The van der Waals surface area contributed by atoms with Gasteiger partial charge in [0, 0.05) is 9.92 Å². The fraction of sp³-hybridized carbons (Fsp3) is 0.455. The van der Waals surface area contributed by atoms with Crippen molar-refractivity contribution in [1.82, 2.24) is 0 Å². The zero-order valence-corrected chi connectivity index (χ0v) is 21.2. The summed E-state index contributed by atoms with van der Waals surface area (Å²) in [5.74, 6) is 0. The molecule has 0 aliphatic heterocycles. The van der Waals surface area contributed by atoms with Crippen molar-refractivity contribution < 1.29 is 42.1 Å². The van der Waals surface area contributed by atoms with Gasteiger partial charge in [-0.1, -0.05) is 34.6 Å². The van der Waals surface area contributed by atoms with Crippen molar-refractivity contribution in [3.05, 3.63) is 28.2 Å². The van der Waals surface area contributed by atoms with E-state index in [9.17, 15) is 9.13 Å². The van der Waals surface area contributed by atoms with Crippen LogP contribution in [0.25, 0.3) is 0 Å². The average molecular weight is 555 g/mol. The highest BCUT2D eigenvalue weighted by atomic mass is 35.5. The van der Waals surface area contributed by atoms with Crippen molar-refractivity contribution in [2.24, 2.45) is 0 Å². The van der Waals surface area contributed by atoms with Crippen molar-refractivity contribution in [2.45, 2.75) is 18.7 Å². The summed E-state index contributed by atoms with van der Waals surface area (Å²) in [7, 11) is -10.1. The number of rotatable bonds is 10. The van der Waals surface area contributed by atoms with Crippen molar-refractivity contribution >= 4 is 79.5 Å². The van der Waals surface area contributed by atoms with Crippen LogP contribution in [0.5, 0.6) is 0 Å². The Morgan fingerprint density at radius 2 is 1.54 bits per heavy atom. The van der Waals surface area contributed by atoms with Gasteiger partial charge in [-0.25, -0.2) is 9.13 Å². The largest absolute Gasteiger partial charge is 0.478 e. The molecule has 0 bridgehead atoms. The monoisotopic (exact) mass is 554 g/mol. The van der Waals surface area contributed by atoms with Crippen molar-refractivity contribution in [3.8, 4) is 0 Å². The molecule has 0 saturated heterocycles. The molecule has 0 aromatic heterocycles. The van der Waals surface area contributed by atoms with E-state index in [0.29, 0.717) is 23.3 Å². The first-order valence-corrected chi connectivity index (χ1v) is 16.2. The molecule has 0 heterocycles. The molecule has 0 spiro atoms. The van der Waals surface area contributed by atoms with E-state index in [0.717, 1.165) is 9.98 Å². The van der Waals surface area contributed by atoms with E-state index in [1.165, 1.54) is 11.4 Å². The molecular formula is C11H19Cl2O9P3S3. The molecule has 0 amide bonds. The summed E-state index contributed by atoms with van der Waals surface area (Å²) in [6.45, 7) is 4.96. The highest BCUT2D eigenvalue weighted by molar-refractivity contribution is 8.69. The van der Waals surface area contributed by atoms with E-state index in [-0.39, 0.29) is 0 Å². The molecule has 4 N–H and O–H groups in total. The van der Waals surface area contributed by atoms with Crippen LogP contribution in [-0.4, -0.2) is 37.9 Å². The first kappa shape index (κ1) is 29.3. The molecule has 9 nitrogen and oxygen atoms in total. The second kappa shape index (κ2) is 13.7. The van der Waals surface area contributed by atoms with Crippen LogP contribution >= 0.6 is 67.7 Å². The molecule has 164 valence electrons. The second-order valence-corrected chi connectivity index (χ2v) is 15.5. The van der Waals surface area contributed by atoms with Crippen LogP contribution < -0.4 is 0 Å². The molecule has 1 rings (SSSR count).